The number of halogens is 2. The van der Waals surface area contributed by atoms with Crippen LogP contribution in [0.3, 0.4) is 0 Å². The number of thiophene rings is 1. The van der Waals surface area contributed by atoms with Crippen LogP contribution in [0.15, 0.2) is 52.7 Å². The fraction of sp³-hybridized carbons (Fsp3) is 0.300. The molecule has 6 rings (SSSR count). The summed E-state index contributed by atoms with van der Waals surface area (Å²) >= 11 is 7.49. The summed E-state index contributed by atoms with van der Waals surface area (Å²) in [6.45, 7) is 3.83. The minimum atomic E-state index is -4.13. The van der Waals surface area contributed by atoms with Gasteiger partial charge in [0.1, 0.15) is 28.1 Å². The number of benzene rings is 3. The molecule has 1 aliphatic heterocycles. The van der Waals surface area contributed by atoms with Crippen LogP contribution in [0, 0.1) is 12.7 Å². The molecule has 1 aliphatic rings. The van der Waals surface area contributed by atoms with Crippen LogP contribution in [0.4, 0.5) is 4.39 Å². The zero-order valence-corrected chi connectivity index (χ0v) is 25.9. The van der Waals surface area contributed by atoms with E-state index in [0.29, 0.717) is 11.9 Å². The molecule has 0 bridgehead atoms. The molecule has 13 heteroatoms. The molecule has 0 amide bonds. The Hall–Kier alpha value is -3.58. The second-order valence-corrected chi connectivity index (χ2v) is 13.9. The van der Waals surface area contributed by atoms with Gasteiger partial charge in [0.2, 0.25) is 10.0 Å². The van der Waals surface area contributed by atoms with E-state index in [1.54, 1.807) is 11.7 Å². The van der Waals surface area contributed by atoms with Crippen LogP contribution < -0.4 is 4.74 Å². The molecule has 0 unspecified atom stereocenters. The lowest BCUT2D eigenvalue weighted by Crippen LogP contribution is -2.36. The monoisotopic (exact) mass is 642 g/mol. The smallest absolute Gasteiger partial charge is 0.304 e. The fourth-order valence-electron chi connectivity index (χ4n) is 5.75. The highest BCUT2D eigenvalue weighted by atomic mass is 35.5. The number of carboxylic acids is 1. The maximum atomic E-state index is 14.3. The van der Waals surface area contributed by atoms with Crippen LogP contribution in [0.25, 0.3) is 21.1 Å². The highest BCUT2D eigenvalue weighted by molar-refractivity contribution is 7.89. The molecule has 9 nitrogen and oxygen atoms in total. The van der Waals surface area contributed by atoms with Crippen molar-refractivity contribution in [2.75, 3.05) is 6.54 Å². The van der Waals surface area contributed by atoms with E-state index in [1.807, 2.05) is 49.6 Å². The van der Waals surface area contributed by atoms with Gasteiger partial charge in [-0.25, -0.2) is 17.5 Å². The molecule has 0 aliphatic carbocycles. The fourth-order valence-corrected chi connectivity index (χ4v) is 8.44. The zero-order chi connectivity index (χ0) is 30.6. The summed E-state index contributed by atoms with van der Waals surface area (Å²) in [5.74, 6) is -2.31. The number of sulfonamides is 1. The average molecular weight is 643 g/mol. The molecule has 2 atom stereocenters. The van der Waals surface area contributed by atoms with E-state index in [2.05, 4.69) is 10.3 Å². The molecule has 1 N–H and O–H groups in total. The van der Waals surface area contributed by atoms with Gasteiger partial charge in [0.25, 0.3) is 0 Å². The first-order chi connectivity index (χ1) is 20.5. The number of aliphatic carboxylic acids is 1. The first-order valence-corrected chi connectivity index (χ1v) is 16.3. The molecule has 0 saturated carbocycles. The van der Waals surface area contributed by atoms with Gasteiger partial charge in [-0.05, 0) is 70.6 Å². The van der Waals surface area contributed by atoms with Crippen molar-refractivity contribution in [2.45, 2.75) is 50.2 Å². The second-order valence-electron chi connectivity index (χ2n) is 10.7. The summed E-state index contributed by atoms with van der Waals surface area (Å²) in [7, 11) is -2.33. The molecule has 5 aromatic rings. The SMILES string of the molecule is CC[C@@H]1CN(Cc2cc([C@@H](CC(=O)O)c3ccc4c(nnn4C)c3C)cc3ccsc23)S(=O)(=O)c2cc(Cl)c(F)cc2O1. The van der Waals surface area contributed by atoms with E-state index < -0.39 is 33.8 Å². The zero-order valence-electron chi connectivity index (χ0n) is 23.5. The Kier molecular flexibility index (Phi) is 7.66. The van der Waals surface area contributed by atoms with Gasteiger partial charge in [-0.3, -0.25) is 4.79 Å². The van der Waals surface area contributed by atoms with Gasteiger partial charge in [0.05, 0.1) is 23.5 Å². The molecule has 3 aromatic carbocycles. The van der Waals surface area contributed by atoms with Crippen LogP contribution >= 0.6 is 22.9 Å². The first kappa shape index (κ1) is 29.5. The van der Waals surface area contributed by atoms with Gasteiger partial charge in [0.15, 0.2) is 0 Å². The quantitative estimate of drug-likeness (QED) is 0.223. The summed E-state index contributed by atoms with van der Waals surface area (Å²) in [6.07, 6.45) is -0.193. The van der Waals surface area contributed by atoms with Gasteiger partial charge in [-0.2, -0.15) is 4.31 Å². The number of carboxylic acid groups (broad SMARTS) is 1. The number of carbonyl (C=O) groups is 1. The Bertz CT molecular complexity index is 2010. The van der Waals surface area contributed by atoms with Crippen molar-refractivity contribution in [3.63, 3.8) is 0 Å². The third kappa shape index (κ3) is 5.26. The summed E-state index contributed by atoms with van der Waals surface area (Å²) < 4.78 is 52.1. The van der Waals surface area contributed by atoms with Gasteiger partial charge < -0.3 is 9.84 Å². The number of aromatic nitrogens is 3. The van der Waals surface area contributed by atoms with Crippen molar-refractivity contribution in [3.05, 3.63) is 80.9 Å². The molecule has 224 valence electrons. The predicted molar refractivity (Wildman–Crippen MR) is 163 cm³/mol. The van der Waals surface area contributed by atoms with E-state index in [-0.39, 0.29) is 35.2 Å². The van der Waals surface area contributed by atoms with Gasteiger partial charge in [-0.15, -0.1) is 16.4 Å². The summed E-state index contributed by atoms with van der Waals surface area (Å²) in [4.78, 5) is 12.0. The highest BCUT2D eigenvalue weighted by Crippen LogP contribution is 2.40. The third-order valence-electron chi connectivity index (χ3n) is 7.99. The molecule has 2 aromatic heterocycles. The maximum Gasteiger partial charge on any atom is 0.304 e. The van der Waals surface area contributed by atoms with Crippen molar-refractivity contribution in [3.8, 4) is 5.75 Å². The summed E-state index contributed by atoms with van der Waals surface area (Å²) in [5, 5.41) is 20.8. The number of hydrogen-bond acceptors (Lipinski definition) is 7. The Morgan fingerprint density at radius 2 is 2.05 bits per heavy atom. The second kappa shape index (κ2) is 11.2. The number of nitrogens with zero attached hydrogens (tertiary/aromatic N) is 4. The van der Waals surface area contributed by atoms with Gasteiger partial charge >= 0.3 is 5.97 Å². The largest absolute Gasteiger partial charge is 0.488 e. The lowest BCUT2D eigenvalue weighted by atomic mass is 9.84. The van der Waals surface area contributed by atoms with Gasteiger partial charge in [0, 0.05) is 30.3 Å². The average Bonchev–Trinajstić information content (AvgIpc) is 3.57. The number of rotatable bonds is 7. The van der Waals surface area contributed by atoms with Crippen molar-refractivity contribution >= 4 is 60.0 Å². The minimum absolute atomic E-state index is 0.00342. The van der Waals surface area contributed by atoms with E-state index in [1.165, 1.54) is 15.6 Å². The summed E-state index contributed by atoms with van der Waals surface area (Å²) in [6, 6.07) is 11.7. The van der Waals surface area contributed by atoms with Crippen molar-refractivity contribution in [1.29, 1.82) is 0 Å². The molecule has 0 spiro atoms. The topological polar surface area (TPSA) is 115 Å². The Labute approximate surface area is 256 Å². The molecule has 0 saturated heterocycles. The maximum absolute atomic E-state index is 14.3. The van der Waals surface area contributed by atoms with Crippen LogP contribution in [-0.2, 0) is 28.4 Å². The number of fused-ring (bicyclic) bond motifs is 3. The molecular weight excluding hydrogens is 615 g/mol. The van der Waals surface area contributed by atoms with E-state index in [0.717, 1.165) is 50.0 Å². The lowest BCUT2D eigenvalue weighted by Gasteiger charge is -2.24. The van der Waals surface area contributed by atoms with Gasteiger partial charge in [-0.1, -0.05) is 35.9 Å². The molecule has 43 heavy (non-hydrogen) atoms. The molecular formula is C30H28ClFN4O5S2. The summed E-state index contributed by atoms with van der Waals surface area (Å²) in [5.41, 5.74) is 4.65. The van der Waals surface area contributed by atoms with E-state index >= 15 is 0 Å². The minimum Gasteiger partial charge on any atom is -0.488 e. The highest BCUT2D eigenvalue weighted by Gasteiger charge is 2.36. The molecule has 0 radical (unpaired) electrons. The Balaban J connectivity index is 1.48. The standard InChI is InChI=1S/C30H28ClFN4O5S2/c1-4-20-15-36(43(39,40)27-12-23(31)24(32)13-26(27)41-20)14-19-10-18(9-17-7-8-42-30(17)19)22(11-28(37)38)21-5-6-25-29(16(21)2)33-34-35(25)3/h5-10,12-13,20,22H,4,11,14-15H2,1-3H3,(H,37,38)/t20-,22-/m1/s1. The molecule has 0 fully saturated rings. The van der Waals surface area contributed by atoms with Crippen LogP contribution in [-0.4, -0.2) is 51.4 Å². The van der Waals surface area contributed by atoms with Crippen molar-refractivity contribution in [1.82, 2.24) is 19.3 Å². The van der Waals surface area contributed by atoms with Crippen molar-refractivity contribution < 1.29 is 27.4 Å². The Morgan fingerprint density at radius 3 is 2.79 bits per heavy atom. The predicted octanol–water partition coefficient (Wildman–Crippen LogP) is 6.25. The van der Waals surface area contributed by atoms with Crippen LogP contribution in [0.2, 0.25) is 5.02 Å². The third-order valence-corrected chi connectivity index (χ3v) is 11.1. The Morgan fingerprint density at radius 1 is 1.26 bits per heavy atom. The number of ether oxygens (including phenoxy) is 1. The van der Waals surface area contributed by atoms with E-state index in [9.17, 15) is 22.7 Å². The first-order valence-electron chi connectivity index (χ1n) is 13.6. The number of aryl methyl sites for hydroxylation is 2. The van der Waals surface area contributed by atoms with Crippen LogP contribution in [0.1, 0.15) is 47.9 Å². The molecule has 3 heterocycles. The number of hydrogen-bond donors (Lipinski definition) is 1. The normalized spacial score (nSPS) is 17.5. The van der Waals surface area contributed by atoms with E-state index in [4.69, 9.17) is 16.3 Å². The lowest BCUT2D eigenvalue weighted by molar-refractivity contribution is -0.137. The van der Waals surface area contributed by atoms with Crippen molar-refractivity contribution in [2.24, 2.45) is 7.05 Å². The van der Waals surface area contributed by atoms with Crippen LogP contribution in [0.5, 0.6) is 5.75 Å².